The van der Waals surface area contributed by atoms with Crippen LogP contribution in [0.1, 0.15) is 32.6 Å². The highest BCUT2D eigenvalue weighted by molar-refractivity contribution is 6.33. The number of ether oxygens (including phenoxy) is 2. The number of aliphatic hydroxyl groups is 1. The van der Waals surface area contributed by atoms with Crippen LogP contribution in [0.5, 0.6) is 11.8 Å². The second kappa shape index (κ2) is 7.93. The predicted molar refractivity (Wildman–Crippen MR) is 104 cm³/mol. The van der Waals surface area contributed by atoms with E-state index in [1.165, 1.54) is 6.07 Å². The number of aromatic nitrogens is 3. The van der Waals surface area contributed by atoms with Crippen molar-refractivity contribution in [1.29, 1.82) is 0 Å². The van der Waals surface area contributed by atoms with Crippen LogP contribution in [0.4, 0.5) is 4.39 Å². The molecule has 0 atom stereocenters. The summed E-state index contributed by atoms with van der Waals surface area (Å²) in [5, 5.41) is 9.92. The number of fused-ring (bicyclic) bond motifs is 1. The van der Waals surface area contributed by atoms with Gasteiger partial charge in [0.1, 0.15) is 17.7 Å². The molecule has 0 bridgehead atoms. The number of rotatable bonds is 5. The first-order chi connectivity index (χ1) is 13.5. The second-order valence-corrected chi connectivity index (χ2v) is 7.26. The molecule has 4 rings (SSSR count). The fraction of sp³-hybridized carbons (Fsp3) is 0.400. The third kappa shape index (κ3) is 3.91. The first-order valence-corrected chi connectivity index (χ1v) is 9.75. The first kappa shape index (κ1) is 19.0. The van der Waals surface area contributed by atoms with Gasteiger partial charge in [-0.1, -0.05) is 11.6 Å². The number of nitrogens with zero attached hydrogens (tertiary/aromatic N) is 2. The third-order valence-electron chi connectivity index (χ3n) is 4.83. The lowest BCUT2D eigenvalue weighted by Gasteiger charge is -2.24. The van der Waals surface area contributed by atoms with Gasteiger partial charge in [0, 0.05) is 11.6 Å². The lowest BCUT2D eigenvalue weighted by atomic mass is 9.95. The fourth-order valence-corrected chi connectivity index (χ4v) is 3.66. The summed E-state index contributed by atoms with van der Waals surface area (Å²) < 4.78 is 25.7. The number of halogens is 2. The van der Waals surface area contributed by atoms with Gasteiger partial charge in [0.05, 0.1) is 28.9 Å². The number of hydrogen-bond donors (Lipinski definition) is 2. The van der Waals surface area contributed by atoms with Crippen molar-refractivity contribution in [2.45, 2.75) is 44.8 Å². The van der Waals surface area contributed by atoms with Gasteiger partial charge in [-0.15, -0.1) is 0 Å². The molecule has 1 saturated carbocycles. The normalized spacial score (nSPS) is 19.7. The van der Waals surface area contributed by atoms with Gasteiger partial charge in [0.25, 0.3) is 6.01 Å². The molecule has 1 aromatic carbocycles. The Labute approximate surface area is 166 Å². The molecular formula is C20H21ClFN3O3. The number of benzene rings is 1. The number of nitrogens with one attached hydrogen (secondary N) is 1. The van der Waals surface area contributed by atoms with Crippen LogP contribution in [0.25, 0.3) is 22.4 Å². The lowest BCUT2D eigenvalue weighted by molar-refractivity contribution is 0.0625. The Morgan fingerprint density at radius 2 is 2.00 bits per heavy atom. The van der Waals surface area contributed by atoms with Crippen LogP contribution in [-0.4, -0.2) is 38.9 Å². The molecule has 0 spiro atoms. The summed E-state index contributed by atoms with van der Waals surface area (Å²) in [5.74, 6) is -0.0125. The Morgan fingerprint density at radius 1 is 1.21 bits per heavy atom. The van der Waals surface area contributed by atoms with Crippen molar-refractivity contribution in [3.8, 4) is 23.0 Å². The van der Waals surface area contributed by atoms with E-state index >= 15 is 0 Å². The molecule has 0 unspecified atom stereocenters. The van der Waals surface area contributed by atoms with E-state index < -0.39 is 5.82 Å². The molecule has 0 saturated heterocycles. The number of aliphatic hydroxyl groups excluding tert-OH is 1. The average Bonchev–Trinajstić information content (AvgIpc) is 3.05. The summed E-state index contributed by atoms with van der Waals surface area (Å²) in [6, 6.07) is 6.61. The van der Waals surface area contributed by atoms with Gasteiger partial charge >= 0.3 is 0 Å². The molecule has 1 aliphatic carbocycles. The van der Waals surface area contributed by atoms with E-state index in [0.717, 1.165) is 25.7 Å². The maximum absolute atomic E-state index is 14.5. The summed E-state index contributed by atoms with van der Waals surface area (Å²) in [4.78, 5) is 11.9. The molecule has 2 N–H and O–H groups in total. The summed E-state index contributed by atoms with van der Waals surface area (Å²) in [7, 11) is 0. The Bertz CT molecular complexity index is 986. The van der Waals surface area contributed by atoms with Gasteiger partial charge in [0.15, 0.2) is 5.65 Å². The standard InChI is InChI=1S/C20H21ClFN3O3/c1-2-27-13-7-8-14(16(22)9-13)18-15(21)10-17-19(24-18)25-20(23-17)28-12-5-3-11(26)4-6-12/h7-12,26H,2-6H2,1H3,(H,23,24,25). The maximum Gasteiger partial charge on any atom is 0.296 e. The lowest BCUT2D eigenvalue weighted by Crippen LogP contribution is -2.26. The monoisotopic (exact) mass is 405 g/mol. The number of imidazole rings is 1. The second-order valence-electron chi connectivity index (χ2n) is 6.85. The van der Waals surface area contributed by atoms with Gasteiger partial charge in [-0.2, -0.15) is 4.98 Å². The number of pyridine rings is 1. The van der Waals surface area contributed by atoms with Crippen LogP contribution in [0.15, 0.2) is 24.3 Å². The molecule has 2 heterocycles. The van der Waals surface area contributed by atoms with E-state index in [1.54, 1.807) is 18.2 Å². The Morgan fingerprint density at radius 3 is 2.71 bits per heavy atom. The van der Waals surface area contributed by atoms with Crippen molar-refractivity contribution in [1.82, 2.24) is 15.0 Å². The molecule has 2 aromatic heterocycles. The maximum atomic E-state index is 14.5. The number of aromatic amines is 1. The zero-order valence-corrected chi connectivity index (χ0v) is 16.2. The van der Waals surface area contributed by atoms with Crippen LogP contribution in [0, 0.1) is 5.82 Å². The SMILES string of the molecule is CCOc1ccc(-c2nc3nc(OC4CCC(O)CC4)[nH]c3cc2Cl)c(F)c1. The molecule has 0 radical (unpaired) electrons. The van der Waals surface area contributed by atoms with Gasteiger partial charge in [-0.3, -0.25) is 0 Å². The molecule has 1 aliphatic rings. The number of hydrogen-bond acceptors (Lipinski definition) is 5. The molecule has 8 heteroatoms. The van der Waals surface area contributed by atoms with Gasteiger partial charge < -0.3 is 19.6 Å². The molecule has 0 amide bonds. The third-order valence-corrected chi connectivity index (χ3v) is 5.12. The smallest absolute Gasteiger partial charge is 0.296 e. The van der Waals surface area contributed by atoms with Crippen molar-refractivity contribution in [3.05, 3.63) is 35.1 Å². The molecule has 3 aromatic rings. The minimum atomic E-state index is -0.465. The van der Waals surface area contributed by atoms with Crippen LogP contribution in [0.2, 0.25) is 5.02 Å². The van der Waals surface area contributed by atoms with E-state index in [-0.39, 0.29) is 17.8 Å². The Hall–Kier alpha value is -2.38. The van der Waals surface area contributed by atoms with Gasteiger partial charge in [-0.25, -0.2) is 9.37 Å². The molecular weight excluding hydrogens is 385 g/mol. The van der Waals surface area contributed by atoms with Crippen LogP contribution < -0.4 is 9.47 Å². The minimum absolute atomic E-state index is 0.00228. The quantitative estimate of drug-likeness (QED) is 0.653. The van der Waals surface area contributed by atoms with Gasteiger partial charge in [0.2, 0.25) is 0 Å². The highest BCUT2D eigenvalue weighted by atomic mass is 35.5. The van der Waals surface area contributed by atoms with Crippen molar-refractivity contribution >= 4 is 22.8 Å². The highest BCUT2D eigenvalue weighted by Crippen LogP contribution is 2.33. The van der Waals surface area contributed by atoms with Crippen LogP contribution >= 0.6 is 11.6 Å². The number of H-pyrrole nitrogens is 1. The van der Waals surface area contributed by atoms with Crippen molar-refractivity contribution in [2.24, 2.45) is 0 Å². The van der Waals surface area contributed by atoms with E-state index in [9.17, 15) is 9.50 Å². The largest absolute Gasteiger partial charge is 0.494 e. The van der Waals surface area contributed by atoms with E-state index in [4.69, 9.17) is 21.1 Å². The Kier molecular flexibility index (Phi) is 5.37. The first-order valence-electron chi connectivity index (χ1n) is 9.37. The zero-order chi connectivity index (χ0) is 19.7. The van der Waals surface area contributed by atoms with E-state index in [0.29, 0.717) is 40.2 Å². The fourth-order valence-electron chi connectivity index (χ4n) is 3.41. The molecule has 6 nitrogen and oxygen atoms in total. The van der Waals surface area contributed by atoms with Crippen molar-refractivity contribution in [3.63, 3.8) is 0 Å². The van der Waals surface area contributed by atoms with Crippen molar-refractivity contribution < 1.29 is 19.0 Å². The van der Waals surface area contributed by atoms with E-state index in [1.807, 2.05) is 6.92 Å². The minimum Gasteiger partial charge on any atom is -0.494 e. The summed E-state index contributed by atoms with van der Waals surface area (Å²) in [6.45, 7) is 2.30. The summed E-state index contributed by atoms with van der Waals surface area (Å²) in [6.07, 6.45) is 2.74. The summed E-state index contributed by atoms with van der Waals surface area (Å²) >= 11 is 6.35. The topological polar surface area (TPSA) is 80.3 Å². The zero-order valence-electron chi connectivity index (χ0n) is 15.4. The highest BCUT2D eigenvalue weighted by Gasteiger charge is 2.22. The molecule has 148 valence electrons. The molecule has 1 fully saturated rings. The van der Waals surface area contributed by atoms with Crippen LogP contribution in [0.3, 0.4) is 0 Å². The van der Waals surface area contributed by atoms with Crippen LogP contribution in [-0.2, 0) is 0 Å². The predicted octanol–water partition coefficient (Wildman–Crippen LogP) is 4.50. The molecule has 0 aliphatic heterocycles. The van der Waals surface area contributed by atoms with Gasteiger partial charge in [-0.05, 0) is 50.8 Å². The average molecular weight is 406 g/mol. The molecule has 28 heavy (non-hydrogen) atoms. The van der Waals surface area contributed by atoms with E-state index in [2.05, 4.69) is 15.0 Å². The summed E-state index contributed by atoms with van der Waals surface area (Å²) in [5.41, 5.74) is 1.61. The van der Waals surface area contributed by atoms with Crippen molar-refractivity contribution in [2.75, 3.05) is 6.61 Å². The Balaban J connectivity index is 1.61.